The number of thiophene rings is 1. The van der Waals surface area contributed by atoms with Crippen LogP contribution in [0.25, 0.3) is 0 Å². The molecule has 0 aliphatic carbocycles. The lowest BCUT2D eigenvalue weighted by Crippen LogP contribution is -2.56. The van der Waals surface area contributed by atoms with Crippen molar-refractivity contribution < 1.29 is 9.59 Å². The molecule has 5 nitrogen and oxygen atoms in total. The number of carbonyl (C=O) groups is 2. The van der Waals surface area contributed by atoms with Crippen molar-refractivity contribution in [2.75, 3.05) is 18.4 Å². The molecule has 24 heavy (non-hydrogen) atoms. The Morgan fingerprint density at radius 3 is 2.88 bits per heavy atom. The molecule has 2 amide bonds. The van der Waals surface area contributed by atoms with Crippen molar-refractivity contribution in [2.24, 2.45) is 5.92 Å². The molecule has 1 aromatic carbocycles. The molecule has 2 aliphatic heterocycles. The molecule has 1 saturated heterocycles. The number of para-hydroxylation sites is 1. The van der Waals surface area contributed by atoms with E-state index < -0.39 is 5.54 Å². The summed E-state index contributed by atoms with van der Waals surface area (Å²) in [5.74, 6) is -0.426. The molecule has 1 fully saturated rings. The van der Waals surface area contributed by atoms with Crippen LogP contribution in [-0.2, 0) is 11.3 Å². The number of nitrogens with zero attached hydrogens (tertiary/aromatic N) is 1. The van der Waals surface area contributed by atoms with Crippen molar-refractivity contribution in [1.29, 1.82) is 0 Å². The van der Waals surface area contributed by atoms with Crippen molar-refractivity contribution in [3.8, 4) is 0 Å². The summed E-state index contributed by atoms with van der Waals surface area (Å²) in [6.45, 7) is 4.08. The number of hydrogen-bond acceptors (Lipinski definition) is 4. The first-order chi connectivity index (χ1) is 11.5. The zero-order valence-corrected chi connectivity index (χ0v) is 14.2. The van der Waals surface area contributed by atoms with Crippen LogP contribution in [0.1, 0.15) is 22.2 Å². The highest BCUT2D eigenvalue weighted by molar-refractivity contribution is 7.09. The van der Waals surface area contributed by atoms with Gasteiger partial charge in [-0.2, -0.15) is 0 Å². The minimum atomic E-state index is -0.564. The van der Waals surface area contributed by atoms with Crippen molar-refractivity contribution in [1.82, 2.24) is 10.2 Å². The summed E-state index contributed by atoms with van der Waals surface area (Å²) in [5.41, 5.74) is 0.535. The van der Waals surface area contributed by atoms with Gasteiger partial charge in [-0.05, 0) is 30.5 Å². The largest absolute Gasteiger partial charge is 0.345 e. The van der Waals surface area contributed by atoms with Crippen molar-refractivity contribution in [3.63, 3.8) is 0 Å². The Hall–Kier alpha value is -2.18. The lowest BCUT2D eigenvalue weighted by molar-refractivity contribution is -0.121. The van der Waals surface area contributed by atoms with Crippen LogP contribution >= 0.6 is 11.3 Å². The van der Waals surface area contributed by atoms with E-state index in [2.05, 4.69) is 27.0 Å². The normalized spacial score (nSPS) is 26.8. The summed E-state index contributed by atoms with van der Waals surface area (Å²) < 4.78 is 0. The number of likely N-dealkylation sites (tertiary alicyclic amines) is 1. The van der Waals surface area contributed by atoms with Gasteiger partial charge in [-0.25, -0.2) is 0 Å². The van der Waals surface area contributed by atoms with Gasteiger partial charge < -0.3 is 10.6 Å². The number of rotatable bonds is 2. The third-order valence-electron chi connectivity index (χ3n) is 4.87. The minimum absolute atomic E-state index is 0.0290. The first kappa shape index (κ1) is 15.4. The van der Waals surface area contributed by atoms with E-state index in [4.69, 9.17) is 0 Å². The van der Waals surface area contributed by atoms with E-state index in [1.54, 1.807) is 23.5 Å². The lowest BCUT2D eigenvalue weighted by Gasteiger charge is -2.33. The Kier molecular flexibility index (Phi) is 3.66. The highest BCUT2D eigenvalue weighted by Gasteiger charge is 2.49. The Morgan fingerprint density at radius 2 is 2.08 bits per heavy atom. The molecule has 6 heteroatoms. The van der Waals surface area contributed by atoms with E-state index in [9.17, 15) is 9.59 Å². The minimum Gasteiger partial charge on any atom is -0.345 e. The average Bonchev–Trinajstić information content (AvgIpc) is 3.15. The number of benzene rings is 1. The molecule has 0 unspecified atom stereocenters. The van der Waals surface area contributed by atoms with Crippen LogP contribution in [0.4, 0.5) is 5.69 Å². The number of carbonyl (C=O) groups excluding carboxylic acids is 2. The van der Waals surface area contributed by atoms with E-state index >= 15 is 0 Å². The van der Waals surface area contributed by atoms with Gasteiger partial charge in [0.05, 0.1) is 22.7 Å². The summed E-state index contributed by atoms with van der Waals surface area (Å²) >= 11 is 1.71. The second kappa shape index (κ2) is 5.72. The summed E-state index contributed by atoms with van der Waals surface area (Å²) in [6, 6.07) is 11.3. The quantitative estimate of drug-likeness (QED) is 0.881. The fourth-order valence-corrected chi connectivity index (χ4v) is 4.42. The van der Waals surface area contributed by atoms with Crippen LogP contribution in [0.2, 0.25) is 0 Å². The summed E-state index contributed by atoms with van der Waals surface area (Å²) in [5, 5.41) is 8.12. The molecule has 2 aromatic rings. The molecule has 2 aliphatic rings. The van der Waals surface area contributed by atoms with Gasteiger partial charge in [0.1, 0.15) is 0 Å². The van der Waals surface area contributed by atoms with Crippen molar-refractivity contribution in [3.05, 3.63) is 52.2 Å². The fraction of sp³-hybridized carbons (Fsp3) is 0.333. The van der Waals surface area contributed by atoms with Gasteiger partial charge in [0.15, 0.2) is 0 Å². The highest BCUT2D eigenvalue weighted by atomic mass is 32.1. The second-order valence-electron chi connectivity index (χ2n) is 6.71. The van der Waals surface area contributed by atoms with E-state index in [0.29, 0.717) is 24.3 Å². The molecule has 3 heterocycles. The van der Waals surface area contributed by atoms with Gasteiger partial charge in [0.25, 0.3) is 5.91 Å². The van der Waals surface area contributed by atoms with Gasteiger partial charge >= 0.3 is 0 Å². The first-order valence-electron chi connectivity index (χ1n) is 8.02. The SMILES string of the molecule is C[C@]12CN(Cc3cccs3)C[C@H]1C(=O)Nc1ccccc1C(=O)N2. The number of fused-ring (bicyclic) bond motifs is 2. The Morgan fingerprint density at radius 1 is 1.25 bits per heavy atom. The predicted octanol–water partition coefficient (Wildman–Crippen LogP) is 2.32. The fourth-order valence-electron chi connectivity index (χ4n) is 3.68. The van der Waals surface area contributed by atoms with Crippen LogP contribution in [0.3, 0.4) is 0 Å². The number of nitrogens with one attached hydrogen (secondary N) is 2. The maximum atomic E-state index is 12.8. The van der Waals surface area contributed by atoms with Gasteiger partial charge in [0.2, 0.25) is 5.91 Å². The molecule has 2 atom stereocenters. The molecule has 4 rings (SSSR count). The molecule has 0 radical (unpaired) electrons. The number of hydrogen-bond donors (Lipinski definition) is 2. The van der Waals surface area contributed by atoms with E-state index in [-0.39, 0.29) is 17.7 Å². The smallest absolute Gasteiger partial charge is 0.253 e. The van der Waals surface area contributed by atoms with Crippen LogP contribution in [0.5, 0.6) is 0 Å². The molecular formula is C18H19N3O2S. The van der Waals surface area contributed by atoms with E-state index in [0.717, 1.165) is 6.54 Å². The summed E-state index contributed by atoms with van der Waals surface area (Å²) in [4.78, 5) is 29.0. The zero-order chi connectivity index (χ0) is 16.7. The molecule has 2 N–H and O–H groups in total. The Balaban J connectivity index is 1.63. The third-order valence-corrected chi connectivity index (χ3v) is 5.73. The Labute approximate surface area is 144 Å². The summed E-state index contributed by atoms with van der Waals surface area (Å²) in [7, 11) is 0. The van der Waals surface area contributed by atoms with Crippen molar-refractivity contribution in [2.45, 2.75) is 19.0 Å². The van der Waals surface area contributed by atoms with Crippen LogP contribution < -0.4 is 10.6 Å². The monoisotopic (exact) mass is 341 g/mol. The van der Waals surface area contributed by atoms with Gasteiger partial charge in [-0.3, -0.25) is 14.5 Å². The standard InChI is InChI=1S/C18H19N3O2S/c1-18-11-21(9-12-5-4-8-24-12)10-14(18)17(23)19-15-7-3-2-6-13(15)16(22)20-18/h2-8,14H,9-11H2,1H3,(H,19,23)(H,20,22)/t14-,18-/m0/s1. The molecule has 0 saturated carbocycles. The van der Waals surface area contributed by atoms with E-state index in [1.165, 1.54) is 4.88 Å². The number of anilines is 1. The topological polar surface area (TPSA) is 61.4 Å². The lowest BCUT2D eigenvalue weighted by atomic mass is 9.86. The Bertz CT molecular complexity index is 789. The van der Waals surface area contributed by atoms with Gasteiger partial charge in [-0.15, -0.1) is 11.3 Å². The molecule has 0 bridgehead atoms. The maximum absolute atomic E-state index is 12.8. The van der Waals surface area contributed by atoms with Crippen molar-refractivity contribution >= 4 is 28.8 Å². The molecule has 1 aromatic heterocycles. The predicted molar refractivity (Wildman–Crippen MR) is 94.0 cm³/mol. The van der Waals surface area contributed by atoms with Gasteiger partial charge in [-0.1, -0.05) is 18.2 Å². The second-order valence-corrected chi connectivity index (χ2v) is 7.74. The van der Waals surface area contributed by atoms with Gasteiger partial charge in [0, 0.05) is 24.5 Å². The average molecular weight is 341 g/mol. The third kappa shape index (κ3) is 2.61. The summed E-state index contributed by atoms with van der Waals surface area (Å²) in [6.07, 6.45) is 0. The maximum Gasteiger partial charge on any atom is 0.253 e. The first-order valence-corrected chi connectivity index (χ1v) is 8.90. The van der Waals surface area contributed by atoms with E-state index in [1.807, 2.05) is 25.1 Å². The molecular weight excluding hydrogens is 322 g/mol. The zero-order valence-electron chi connectivity index (χ0n) is 13.4. The highest BCUT2D eigenvalue weighted by Crippen LogP contribution is 2.33. The molecule has 0 spiro atoms. The van der Waals surface area contributed by atoms with Crippen LogP contribution in [0, 0.1) is 5.92 Å². The molecule has 124 valence electrons. The van der Waals surface area contributed by atoms with Crippen LogP contribution in [-0.4, -0.2) is 35.3 Å². The number of amides is 2. The van der Waals surface area contributed by atoms with Crippen LogP contribution in [0.15, 0.2) is 41.8 Å².